The predicted molar refractivity (Wildman–Crippen MR) is 123 cm³/mol. The number of sulfonamides is 1. The van der Waals surface area contributed by atoms with E-state index in [0.29, 0.717) is 30.2 Å². The fourth-order valence-corrected chi connectivity index (χ4v) is 5.09. The molecule has 1 aliphatic heterocycles. The third-order valence-corrected chi connectivity index (χ3v) is 7.21. The number of carbonyl (C=O) groups is 1. The lowest BCUT2D eigenvalue weighted by Gasteiger charge is -2.16. The molecule has 0 spiro atoms. The summed E-state index contributed by atoms with van der Waals surface area (Å²) >= 11 is 11.2. The number of ketones is 1. The number of hydrogen-bond acceptors (Lipinski definition) is 5. The number of ether oxygens (including phenoxy) is 1. The van der Waals surface area contributed by atoms with Gasteiger partial charge in [-0.25, -0.2) is 8.42 Å². The molecule has 9 heteroatoms. The Morgan fingerprint density at radius 1 is 1.13 bits per heavy atom. The number of aryl methyl sites for hydroxylation is 1. The zero-order valence-corrected chi connectivity index (χ0v) is 20.1. The van der Waals surface area contributed by atoms with Crippen LogP contribution in [0.5, 0.6) is 11.5 Å². The van der Waals surface area contributed by atoms with E-state index in [9.17, 15) is 13.2 Å². The highest BCUT2D eigenvalue weighted by Crippen LogP contribution is 2.32. The van der Waals surface area contributed by atoms with Crippen molar-refractivity contribution in [1.82, 2.24) is 4.31 Å². The van der Waals surface area contributed by atoms with Crippen molar-refractivity contribution in [1.29, 1.82) is 0 Å². The molecule has 0 saturated carbocycles. The first-order valence-electron chi connectivity index (χ1n) is 10.0. The van der Waals surface area contributed by atoms with Crippen molar-refractivity contribution in [3.63, 3.8) is 0 Å². The largest absolute Gasteiger partial charge is 0.505 e. The molecule has 0 aliphatic carbocycles. The second kappa shape index (κ2) is 11.2. The third kappa shape index (κ3) is 6.59. The summed E-state index contributed by atoms with van der Waals surface area (Å²) in [6, 6.07) is 7.87. The molecule has 31 heavy (non-hydrogen) atoms. The fourth-order valence-electron chi connectivity index (χ4n) is 3.00. The van der Waals surface area contributed by atoms with Crippen LogP contribution in [0, 0.1) is 6.92 Å². The van der Waals surface area contributed by atoms with Crippen LogP contribution < -0.4 is 4.74 Å². The standard InChI is InChI=1S/C14H21NO3S.C8H6Cl2O2/c1-3-10-18-14-7-6-13(11-12(14)2)19(16,17)15-8-4-5-9-15;1-4(11)5-2-6(9)8(12)7(10)3-5/h6-7,11H,3-5,8-10H2,1-2H3;2-3,12H,1H3. The maximum absolute atomic E-state index is 12.4. The van der Waals surface area contributed by atoms with Gasteiger partial charge in [-0.3, -0.25) is 4.79 Å². The lowest BCUT2D eigenvalue weighted by molar-refractivity contribution is 0.101. The maximum Gasteiger partial charge on any atom is 0.243 e. The van der Waals surface area contributed by atoms with Gasteiger partial charge in [0.25, 0.3) is 0 Å². The number of benzene rings is 2. The number of halogens is 2. The molecule has 0 aromatic heterocycles. The van der Waals surface area contributed by atoms with Crippen molar-refractivity contribution in [2.24, 2.45) is 0 Å². The first-order valence-corrected chi connectivity index (χ1v) is 12.2. The molecule has 1 fully saturated rings. The molecule has 1 N–H and O–H groups in total. The van der Waals surface area contributed by atoms with E-state index < -0.39 is 10.0 Å². The molecule has 2 aromatic carbocycles. The summed E-state index contributed by atoms with van der Waals surface area (Å²) < 4.78 is 31.9. The maximum atomic E-state index is 12.4. The average molecular weight is 488 g/mol. The van der Waals surface area contributed by atoms with Gasteiger partial charge in [0.2, 0.25) is 10.0 Å². The van der Waals surface area contributed by atoms with Gasteiger partial charge in [0, 0.05) is 18.7 Å². The van der Waals surface area contributed by atoms with Crippen LogP contribution >= 0.6 is 23.2 Å². The van der Waals surface area contributed by atoms with Gasteiger partial charge in [0.15, 0.2) is 11.5 Å². The number of carbonyl (C=O) groups excluding carboxylic acids is 1. The van der Waals surface area contributed by atoms with Gasteiger partial charge in [-0.2, -0.15) is 4.31 Å². The first-order chi connectivity index (χ1) is 14.6. The van der Waals surface area contributed by atoms with Crippen molar-refractivity contribution < 1.29 is 23.1 Å². The molecular weight excluding hydrogens is 461 g/mol. The number of rotatable bonds is 6. The van der Waals surface area contributed by atoms with E-state index in [2.05, 4.69) is 0 Å². The van der Waals surface area contributed by atoms with Gasteiger partial charge in [-0.05, 0) is 69.0 Å². The quantitative estimate of drug-likeness (QED) is 0.546. The summed E-state index contributed by atoms with van der Waals surface area (Å²) in [6.45, 7) is 7.25. The van der Waals surface area contributed by atoms with Gasteiger partial charge < -0.3 is 9.84 Å². The first kappa shape index (κ1) is 25.5. The van der Waals surface area contributed by atoms with Gasteiger partial charge in [0.1, 0.15) is 5.75 Å². The lowest BCUT2D eigenvalue weighted by Crippen LogP contribution is -2.27. The summed E-state index contributed by atoms with van der Waals surface area (Å²) in [5.41, 5.74) is 1.26. The SMILES string of the molecule is CC(=O)c1cc(Cl)c(O)c(Cl)c1.CCCOc1ccc(S(=O)(=O)N2CCCC2)cc1C. The van der Waals surface area contributed by atoms with E-state index in [1.165, 1.54) is 19.1 Å². The molecule has 3 rings (SSSR count). The highest BCUT2D eigenvalue weighted by Gasteiger charge is 2.27. The molecule has 0 unspecified atom stereocenters. The molecule has 6 nitrogen and oxygen atoms in total. The summed E-state index contributed by atoms with van der Waals surface area (Å²) in [7, 11) is -3.32. The number of aromatic hydroxyl groups is 1. The summed E-state index contributed by atoms with van der Waals surface area (Å²) in [5, 5.41) is 9.32. The van der Waals surface area contributed by atoms with Gasteiger partial charge in [0.05, 0.1) is 21.5 Å². The van der Waals surface area contributed by atoms with Crippen LogP contribution in [0.2, 0.25) is 10.0 Å². The van der Waals surface area contributed by atoms with Crippen molar-refractivity contribution in [2.75, 3.05) is 19.7 Å². The monoisotopic (exact) mass is 487 g/mol. The minimum Gasteiger partial charge on any atom is -0.505 e. The number of nitrogens with zero attached hydrogens (tertiary/aromatic N) is 1. The molecular formula is C22H27Cl2NO5S. The Hall–Kier alpha value is -1.80. The van der Waals surface area contributed by atoms with E-state index >= 15 is 0 Å². The van der Waals surface area contributed by atoms with Gasteiger partial charge in [-0.1, -0.05) is 30.1 Å². The minimum atomic E-state index is -3.32. The fraction of sp³-hybridized carbons (Fsp3) is 0.409. The summed E-state index contributed by atoms with van der Waals surface area (Å²) in [6.07, 6.45) is 2.85. The third-order valence-electron chi connectivity index (χ3n) is 4.73. The highest BCUT2D eigenvalue weighted by molar-refractivity contribution is 7.89. The molecule has 170 valence electrons. The Morgan fingerprint density at radius 2 is 1.71 bits per heavy atom. The van der Waals surface area contributed by atoms with Gasteiger partial charge >= 0.3 is 0 Å². The van der Waals surface area contributed by atoms with Crippen LogP contribution in [0.25, 0.3) is 0 Å². The minimum absolute atomic E-state index is 0.0905. The normalized spacial score (nSPS) is 14.1. The molecule has 0 atom stereocenters. The van der Waals surface area contributed by atoms with Crippen molar-refractivity contribution in [3.05, 3.63) is 51.5 Å². The molecule has 1 aliphatic rings. The molecule has 0 bridgehead atoms. The van der Waals surface area contributed by atoms with E-state index in [0.717, 1.165) is 30.6 Å². The Labute approximate surface area is 193 Å². The summed E-state index contributed by atoms with van der Waals surface area (Å²) in [4.78, 5) is 11.2. The van der Waals surface area contributed by atoms with Gasteiger partial charge in [-0.15, -0.1) is 0 Å². The summed E-state index contributed by atoms with van der Waals surface area (Å²) in [5.74, 6) is 0.435. The Kier molecular flexibility index (Phi) is 9.18. The van der Waals surface area contributed by atoms with E-state index in [4.69, 9.17) is 33.0 Å². The number of hydrogen-bond donors (Lipinski definition) is 1. The van der Waals surface area contributed by atoms with E-state index in [-0.39, 0.29) is 21.6 Å². The molecule has 0 radical (unpaired) electrons. The van der Waals surface area contributed by atoms with Crippen LogP contribution in [0.3, 0.4) is 0 Å². The van der Waals surface area contributed by atoms with E-state index in [1.54, 1.807) is 22.5 Å². The number of phenols is 1. The van der Waals surface area contributed by atoms with E-state index in [1.807, 2.05) is 13.8 Å². The zero-order chi connectivity index (χ0) is 23.2. The van der Waals surface area contributed by atoms with Crippen molar-refractivity contribution >= 4 is 39.0 Å². The Bertz CT molecular complexity index is 1010. The van der Waals surface area contributed by atoms with Crippen LogP contribution in [0.15, 0.2) is 35.2 Å². The topological polar surface area (TPSA) is 83.9 Å². The zero-order valence-electron chi connectivity index (χ0n) is 17.8. The number of Topliss-reactive ketones (excluding diaryl/α,β-unsaturated/α-hetero) is 1. The lowest BCUT2D eigenvalue weighted by atomic mass is 10.1. The van der Waals surface area contributed by atoms with Crippen LogP contribution in [0.4, 0.5) is 0 Å². The highest BCUT2D eigenvalue weighted by atomic mass is 35.5. The molecule has 1 saturated heterocycles. The average Bonchev–Trinajstić information content (AvgIpc) is 3.27. The second-order valence-electron chi connectivity index (χ2n) is 7.23. The van der Waals surface area contributed by atoms with Crippen molar-refractivity contribution in [2.45, 2.75) is 44.9 Å². The second-order valence-corrected chi connectivity index (χ2v) is 9.98. The van der Waals surface area contributed by atoms with Crippen LogP contribution in [-0.4, -0.2) is 43.3 Å². The number of phenolic OH excluding ortho intramolecular Hbond substituents is 1. The van der Waals surface area contributed by atoms with Crippen LogP contribution in [-0.2, 0) is 10.0 Å². The van der Waals surface area contributed by atoms with Crippen LogP contribution in [0.1, 0.15) is 49.0 Å². The van der Waals surface area contributed by atoms with Crippen molar-refractivity contribution in [3.8, 4) is 11.5 Å². The Morgan fingerprint density at radius 3 is 2.19 bits per heavy atom. The predicted octanol–water partition coefficient (Wildman–Crippen LogP) is 5.47. The molecule has 0 amide bonds. The molecule has 2 aromatic rings. The molecule has 1 heterocycles. The Balaban J connectivity index is 0.000000245. The smallest absolute Gasteiger partial charge is 0.243 e.